The number of unbranched alkanes of at least 4 members (excludes halogenated alkanes) is 7. The Morgan fingerprint density at radius 3 is 1.92 bits per heavy atom. The van der Waals surface area contributed by atoms with Crippen molar-refractivity contribution in [2.24, 2.45) is 0 Å². The van der Waals surface area contributed by atoms with Crippen molar-refractivity contribution < 1.29 is 0 Å². The summed E-state index contributed by atoms with van der Waals surface area (Å²) in [6, 6.07) is 0. The van der Waals surface area contributed by atoms with E-state index in [1.807, 2.05) is 13.5 Å². The molecule has 13 heavy (non-hydrogen) atoms. The number of rotatable bonds is 10. The van der Waals surface area contributed by atoms with E-state index in [1.54, 1.807) is 0 Å². The van der Waals surface area contributed by atoms with Crippen molar-refractivity contribution in [3.05, 3.63) is 6.54 Å². The van der Waals surface area contributed by atoms with Gasteiger partial charge in [0.1, 0.15) is 0 Å². The van der Waals surface area contributed by atoms with Crippen LogP contribution in [0.25, 0.3) is 0 Å². The zero-order valence-corrected chi connectivity index (χ0v) is 9.44. The molecule has 0 amide bonds. The summed E-state index contributed by atoms with van der Waals surface area (Å²) < 4.78 is 0. The fraction of sp³-hybridized carbons (Fsp3) is 0.917. The van der Waals surface area contributed by atoms with Crippen molar-refractivity contribution in [1.82, 2.24) is 5.32 Å². The average molecular weight is 184 g/mol. The lowest BCUT2D eigenvalue weighted by molar-refractivity contribution is 0.567. The lowest BCUT2D eigenvalue weighted by Gasteiger charge is -2.01. The molecule has 0 aromatic heterocycles. The van der Waals surface area contributed by atoms with Gasteiger partial charge in [-0.25, -0.2) is 0 Å². The minimum atomic E-state index is 1.16. The topological polar surface area (TPSA) is 12.0 Å². The second kappa shape index (κ2) is 12.0. The van der Waals surface area contributed by atoms with Crippen LogP contribution in [0.4, 0.5) is 0 Å². The van der Waals surface area contributed by atoms with E-state index in [0.29, 0.717) is 0 Å². The molecule has 79 valence electrons. The third kappa shape index (κ3) is 12.0. The molecule has 0 heterocycles. The zero-order chi connectivity index (χ0) is 9.78. The monoisotopic (exact) mass is 184 g/mol. The molecule has 0 rings (SSSR count). The molecule has 0 aromatic carbocycles. The summed E-state index contributed by atoms with van der Waals surface area (Å²) in [6.45, 7) is 7.50. The van der Waals surface area contributed by atoms with Gasteiger partial charge in [-0.1, -0.05) is 51.9 Å². The molecule has 0 aliphatic carbocycles. The molecular formula is C12H26N. The maximum Gasteiger partial charge on any atom is 0.0190 e. The standard InChI is InChI=1S/C12H26N/c1-3-5-6-7-8-9-10-11-12-13-4-2/h4,13H,3,5-12H2,1-2H3. The normalized spacial score (nSPS) is 10.6. The van der Waals surface area contributed by atoms with Gasteiger partial charge in [-0.3, -0.25) is 0 Å². The number of nitrogens with one attached hydrogen (secondary N) is 1. The highest BCUT2D eigenvalue weighted by Gasteiger charge is 1.90. The molecule has 1 heteroatoms. The van der Waals surface area contributed by atoms with Gasteiger partial charge >= 0.3 is 0 Å². The third-order valence-electron chi connectivity index (χ3n) is 2.38. The first kappa shape index (κ1) is 13.0. The summed E-state index contributed by atoms with van der Waals surface area (Å²) in [5, 5.41) is 3.23. The van der Waals surface area contributed by atoms with Gasteiger partial charge in [-0.2, -0.15) is 0 Å². The van der Waals surface area contributed by atoms with Crippen molar-refractivity contribution in [3.8, 4) is 0 Å². The van der Waals surface area contributed by atoms with E-state index < -0.39 is 0 Å². The lowest BCUT2D eigenvalue weighted by atomic mass is 10.1. The van der Waals surface area contributed by atoms with E-state index in [-0.39, 0.29) is 0 Å². The van der Waals surface area contributed by atoms with Gasteiger partial charge in [0.15, 0.2) is 0 Å². The summed E-state index contributed by atoms with van der Waals surface area (Å²) in [6.07, 6.45) is 11.3. The molecule has 0 bridgehead atoms. The molecule has 1 N–H and O–H groups in total. The van der Waals surface area contributed by atoms with E-state index >= 15 is 0 Å². The number of hydrogen-bond acceptors (Lipinski definition) is 1. The Morgan fingerprint density at radius 1 is 0.846 bits per heavy atom. The van der Waals surface area contributed by atoms with E-state index in [0.717, 1.165) is 6.54 Å². The van der Waals surface area contributed by atoms with Crippen LogP contribution in [-0.2, 0) is 0 Å². The molecule has 0 unspecified atom stereocenters. The summed E-state index contributed by atoms with van der Waals surface area (Å²) in [5.41, 5.74) is 0. The summed E-state index contributed by atoms with van der Waals surface area (Å²) in [4.78, 5) is 0. The Kier molecular flexibility index (Phi) is 11.9. The maximum atomic E-state index is 3.23. The van der Waals surface area contributed by atoms with Gasteiger partial charge in [-0.05, 0) is 19.9 Å². The predicted molar refractivity (Wildman–Crippen MR) is 60.6 cm³/mol. The van der Waals surface area contributed by atoms with Crippen LogP contribution in [0.15, 0.2) is 0 Å². The van der Waals surface area contributed by atoms with Crippen LogP contribution in [0.3, 0.4) is 0 Å². The smallest absolute Gasteiger partial charge is 0.0190 e. The van der Waals surface area contributed by atoms with E-state index in [1.165, 1.54) is 51.4 Å². The molecule has 1 nitrogen and oxygen atoms in total. The number of hydrogen-bond donors (Lipinski definition) is 1. The Hall–Kier alpha value is -0.0400. The summed E-state index contributed by atoms with van der Waals surface area (Å²) >= 11 is 0. The van der Waals surface area contributed by atoms with E-state index in [4.69, 9.17) is 0 Å². The van der Waals surface area contributed by atoms with Crippen LogP contribution in [0.1, 0.15) is 65.2 Å². The highest BCUT2D eigenvalue weighted by atomic mass is 14.8. The zero-order valence-electron chi connectivity index (χ0n) is 9.44. The first-order valence-corrected chi connectivity index (χ1v) is 5.93. The first-order valence-electron chi connectivity index (χ1n) is 5.93. The predicted octanol–water partition coefficient (Wildman–Crippen LogP) is 3.90. The Balaban J connectivity index is 2.76. The molecule has 1 radical (unpaired) electrons. The minimum Gasteiger partial charge on any atom is -0.313 e. The Labute approximate surface area is 84.3 Å². The average Bonchev–Trinajstić information content (AvgIpc) is 2.16. The quantitative estimate of drug-likeness (QED) is 0.508. The summed E-state index contributed by atoms with van der Waals surface area (Å²) in [5.74, 6) is 0. The fourth-order valence-electron chi connectivity index (χ4n) is 1.51. The van der Waals surface area contributed by atoms with Gasteiger partial charge in [0.25, 0.3) is 0 Å². The van der Waals surface area contributed by atoms with Gasteiger partial charge < -0.3 is 5.32 Å². The van der Waals surface area contributed by atoms with Crippen LogP contribution < -0.4 is 5.32 Å². The second-order valence-electron chi connectivity index (χ2n) is 3.72. The first-order chi connectivity index (χ1) is 6.41. The van der Waals surface area contributed by atoms with Crippen molar-refractivity contribution in [3.63, 3.8) is 0 Å². The highest BCUT2D eigenvalue weighted by Crippen LogP contribution is 2.07. The minimum absolute atomic E-state index is 1.16. The van der Waals surface area contributed by atoms with Crippen LogP contribution in [0, 0.1) is 6.54 Å². The molecule has 0 saturated carbocycles. The molecule has 0 spiro atoms. The van der Waals surface area contributed by atoms with Gasteiger partial charge in [0.05, 0.1) is 0 Å². The van der Waals surface area contributed by atoms with Gasteiger partial charge in [-0.15, -0.1) is 0 Å². The van der Waals surface area contributed by atoms with Crippen LogP contribution in [0.5, 0.6) is 0 Å². The van der Waals surface area contributed by atoms with Crippen LogP contribution >= 0.6 is 0 Å². The largest absolute Gasteiger partial charge is 0.313 e. The van der Waals surface area contributed by atoms with Crippen LogP contribution in [0.2, 0.25) is 0 Å². The van der Waals surface area contributed by atoms with Crippen molar-refractivity contribution in [2.75, 3.05) is 6.54 Å². The molecule has 0 atom stereocenters. The van der Waals surface area contributed by atoms with Gasteiger partial charge in [0, 0.05) is 6.54 Å². The van der Waals surface area contributed by atoms with E-state index in [2.05, 4.69) is 12.2 Å². The van der Waals surface area contributed by atoms with Crippen molar-refractivity contribution >= 4 is 0 Å². The fourth-order valence-corrected chi connectivity index (χ4v) is 1.51. The molecular weight excluding hydrogens is 158 g/mol. The third-order valence-corrected chi connectivity index (χ3v) is 2.38. The summed E-state index contributed by atoms with van der Waals surface area (Å²) in [7, 11) is 0. The SMILES string of the molecule is C[CH]NCCCCCCCCCC. The maximum absolute atomic E-state index is 3.23. The van der Waals surface area contributed by atoms with Gasteiger partial charge in [0.2, 0.25) is 0 Å². The lowest BCUT2D eigenvalue weighted by Crippen LogP contribution is -2.08. The Bertz CT molecular complexity index is 71.2. The second-order valence-corrected chi connectivity index (χ2v) is 3.72. The van der Waals surface area contributed by atoms with Crippen molar-refractivity contribution in [1.29, 1.82) is 0 Å². The molecule has 0 aromatic rings. The van der Waals surface area contributed by atoms with Crippen LogP contribution in [-0.4, -0.2) is 6.54 Å². The molecule has 0 aliphatic heterocycles. The Morgan fingerprint density at radius 2 is 1.38 bits per heavy atom. The van der Waals surface area contributed by atoms with Crippen molar-refractivity contribution in [2.45, 2.75) is 65.2 Å². The molecule has 0 saturated heterocycles. The molecule has 0 fully saturated rings. The highest BCUT2D eigenvalue weighted by molar-refractivity contribution is 4.53. The molecule has 0 aliphatic rings. The van der Waals surface area contributed by atoms with E-state index in [9.17, 15) is 0 Å².